The van der Waals surface area contributed by atoms with Gasteiger partial charge >= 0.3 is 0 Å². The highest BCUT2D eigenvalue weighted by Gasteiger charge is 2.26. The third-order valence-electron chi connectivity index (χ3n) is 3.55. The van der Waals surface area contributed by atoms with Crippen LogP contribution in [0.4, 0.5) is 5.69 Å². The zero-order chi connectivity index (χ0) is 12.3. The fraction of sp³-hybridized carbons (Fsp3) is 0.571. The van der Waals surface area contributed by atoms with Gasteiger partial charge in [-0.15, -0.1) is 0 Å². The zero-order valence-electron chi connectivity index (χ0n) is 10.9. The second kappa shape index (κ2) is 5.78. The van der Waals surface area contributed by atoms with Crippen LogP contribution >= 0.6 is 11.8 Å². The molecule has 1 aliphatic heterocycles. The van der Waals surface area contributed by atoms with E-state index in [1.165, 1.54) is 17.0 Å². The molecule has 1 saturated heterocycles. The highest BCUT2D eigenvalue weighted by Crippen LogP contribution is 2.31. The van der Waals surface area contributed by atoms with Crippen molar-refractivity contribution in [1.29, 1.82) is 0 Å². The lowest BCUT2D eigenvalue weighted by atomic mass is 10.1. The Morgan fingerprint density at radius 3 is 2.88 bits per heavy atom. The number of hydrogen-bond acceptors (Lipinski definition) is 3. The molecular formula is C14H22N2S. The molecule has 0 bridgehead atoms. The monoisotopic (exact) mass is 250 g/mol. The van der Waals surface area contributed by atoms with Gasteiger partial charge in [-0.25, -0.2) is 0 Å². The summed E-state index contributed by atoms with van der Waals surface area (Å²) in [5.74, 6) is 1.24. The largest absolute Gasteiger partial charge is 0.367 e. The maximum absolute atomic E-state index is 3.26. The molecule has 1 heterocycles. The van der Waals surface area contributed by atoms with Crippen LogP contribution < -0.4 is 10.2 Å². The van der Waals surface area contributed by atoms with Gasteiger partial charge in [0.2, 0.25) is 0 Å². The van der Waals surface area contributed by atoms with Crippen LogP contribution in [0.25, 0.3) is 0 Å². The summed E-state index contributed by atoms with van der Waals surface area (Å²) < 4.78 is 0. The van der Waals surface area contributed by atoms with Crippen molar-refractivity contribution < 1.29 is 0 Å². The molecule has 2 rings (SSSR count). The molecule has 3 heteroatoms. The number of hydrogen-bond donors (Lipinski definition) is 1. The van der Waals surface area contributed by atoms with E-state index >= 15 is 0 Å². The SMILES string of the molecule is CNCc1ccccc1N1CCSC(C)C1C. The fourth-order valence-corrected chi connectivity index (χ4v) is 3.50. The van der Waals surface area contributed by atoms with Crippen molar-refractivity contribution in [3.63, 3.8) is 0 Å². The summed E-state index contributed by atoms with van der Waals surface area (Å²) in [7, 11) is 2.01. The molecule has 0 aliphatic carbocycles. The molecule has 2 nitrogen and oxygen atoms in total. The van der Waals surface area contributed by atoms with Gasteiger partial charge in [0, 0.05) is 35.8 Å². The Kier molecular flexibility index (Phi) is 4.35. The lowest BCUT2D eigenvalue weighted by Gasteiger charge is -2.40. The first kappa shape index (κ1) is 12.8. The lowest BCUT2D eigenvalue weighted by Crippen LogP contribution is -2.45. The third kappa shape index (κ3) is 2.78. The first-order valence-corrected chi connectivity index (χ1v) is 7.39. The summed E-state index contributed by atoms with van der Waals surface area (Å²) in [6.45, 7) is 6.78. The molecule has 0 aromatic heterocycles. The molecule has 1 aromatic rings. The summed E-state index contributed by atoms with van der Waals surface area (Å²) >= 11 is 2.09. The number of nitrogens with one attached hydrogen (secondary N) is 1. The average molecular weight is 250 g/mol. The lowest BCUT2D eigenvalue weighted by molar-refractivity contribution is 0.623. The zero-order valence-corrected chi connectivity index (χ0v) is 11.8. The van der Waals surface area contributed by atoms with Gasteiger partial charge in [0.05, 0.1) is 0 Å². The van der Waals surface area contributed by atoms with Gasteiger partial charge < -0.3 is 10.2 Å². The molecule has 1 aromatic carbocycles. The van der Waals surface area contributed by atoms with Gasteiger partial charge in [0.1, 0.15) is 0 Å². The van der Waals surface area contributed by atoms with E-state index < -0.39 is 0 Å². The van der Waals surface area contributed by atoms with Crippen molar-refractivity contribution in [1.82, 2.24) is 5.32 Å². The van der Waals surface area contributed by atoms with Crippen molar-refractivity contribution >= 4 is 17.4 Å². The Morgan fingerprint density at radius 1 is 1.35 bits per heavy atom. The molecule has 0 radical (unpaired) electrons. The first-order valence-electron chi connectivity index (χ1n) is 6.34. The topological polar surface area (TPSA) is 15.3 Å². The number of rotatable bonds is 3. The molecule has 1 fully saturated rings. The normalized spacial score (nSPS) is 25.0. The van der Waals surface area contributed by atoms with E-state index in [0.29, 0.717) is 11.3 Å². The molecule has 0 saturated carbocycles. The van der Waals surface area contributed by atoms with E-state index in [1.807, 2.05) is 7.05 Å². The smallest absolute Gasteiger partial charge is 0.0414 e. The van der Waals surface area contributed by atoms with Gasteiger partial charge in [-0.05, 0) is 25.6 Å². The molecule has 17 heavy (non-hydrogen) atoms. The number of nitrogens with zero attached hydrogens (tertiary/aromatic N) is 1. The van der Waals surface area contributed by atoms with Crippen LogP contribution in [0, 0.1) is 0 Å². The van der Waals surface area contributed by atoms with E-state index in [2.05, 4.69) is 60.1 Å². The molecule has 2 unspecified atom stereocenters. The van der Waals surface area contributed by atoms with E-state index in [4.69, 9.17) is 0 Å². The number of benzene rings is 1. The second-order valence-electron chi connectivity index (χ2n) is 4.67. The Hall–Kier alpha value is -0.670. The van der Waals surface area contributed by atoms with E-state index in [0.717, 1.165) is 13.1 Å². The maximum Gasteiger partial charge on any atom is 0.0414 e. The van der Waals surface area contributed by atoms with Crippen LogP contribution in [-0.2, 0) is 6.54 Å². The van der Waals surface area contributed by atoms with E-state index in [-0.39, 0.29) is 0 Å². The number of anilines is 1. The van der Waals surface area contributed by atoms with Crippen LogP contribution in [0.5, 0.6) is 0 Å². The van der Waals surface area contributed by atoms with Crippen molar-refractivity contribution in [2.45, 2.75) is 31.7 Å². The standard InChI is InChI=1S/C14H22N2S/c1-11-12(2)17-9-8-16(11)14-7-5-4-6-13(14)10-15-3/h4-7,11-12,15H,8-10H2,1-3H3. The molecule has 0 spiro atoms. The van der Waals surface area contributed by atoms with Crippen LogP contribution in [0.2, 0.25) is 0 Å². The summed E-state index contributed by atoms with van der Waals surface area (Å²) in [6.07, 6.45) is 0. The number of para-hydroxylation sites is 1. The van der Waals surface area contributed by atoms with Crippen LogP contribution in [0.15, 0.2) is 24.3 Å². The fourth-order valence-electron chi connectivity index (χ4n) is 2.40. The Bertz CT molecular complexity index is 367. The van der Waals surface area contributed by atoms with Gasteiger partial charge in [-0.1, -0.05) is 25.1 Å². The molecule has 1 aliphatic rings. The summed E-state index contributed by atoms with van der Waals surface area (Å²) in [5, 5.41) is 3.97. The Morgan fingerprint density at radius 2 is 2.12 bits per heavy atom. The average Bonchev–Trinajstić information content (AvgIpc) is 2.34. The van der Waals surface area contributed by atoms with Crippen molar-refractivity contribution in [2.75, 3.05) is 24.2 Å². The second-order valence-corrected chi connectivity index (χ2v) is 6.15. The van der Waals surface area contributed by atoms with E-state index in [1.54, 1.807) is 0 Å². The van der Waals surface area contributed by atoms with Gasteiger partial charge in [0.15, 0.2) is 0 Å². The minimum absolute atomic E-state index is 0.617. The van der Waals surface area contributed by atoms with Crippen LogP contribution in [0.3, 0.4) is 0 Å². The summed E-state index contributed by atoms with van der Waals surface area (Å²) in [6, 6.07) is 9.37. The molecule has 2 atom stereocenters. The quantitative estimate of drug-likeness (QED) is 0.888. The van der Waals surface area contributed by atoms with Crippen LogP contribution in [0.1, 0.15) is 19.4 Å². The van der Waals surface area contributed by atoms with Gasteiger partial charge in [-0.3, -0.25) is 0 Å². The minimum atomic E-state index is 0.617. The summed E-state index contributed by atoms with van der Waals surface area (Å²) in [5.41, 5.74) is 2.81. The Balaban J connectivity index is 2.25. The first-order chi connectivity index (χ1) is 8.24. The molecule has 1 N–H and O–H groups in total. The highest BCUT2D eigenvalue weighted by atomic mass is 32.2. The molecular weight excluding hydrogens is 228 g/mol. The van der Waals surface area contributed by atoms with Crippen molar-refractivity contribution in [3.05, 3.63) is 29.8 Å². The van der Waals surface area contributed by atoms with Gasteiger partial charge in [-0.2, -0.15) is 11.8 Å². The molecule has 0 amide bonds. The van der Waals surface area contributed by atoms with Crippen LogP contribution in [-0.4, -0.2) is 30.6 Å². The maximum atomic E-state index is 3.26. The molecule has 94 valence electrons. The van der Waals surface area contributed by atoms with Crippen molar-refractivity contribution in [3.8, 4) is 0 Å². The minimum Gasteiger partial charge on any atom is -0.367 e. The van der Waals surface area contributed by atoms with Gasteiger partial charge in [0.25, 0.3) is 0 Å². The predicted octanol–water partition coefficient (Wildman–Crippen LogP) is 2.74. The summed E-state index contributed by atoms with van der Waals surface area (Å²) in [4.78, 5) is 2.56. The van der Waals surface area contributed by atoms with Crippen molar-refractivity contribution in [2.24, 2.45) is 0 Å². The Labute approximate surface area is 109 Å². The van der Waals surface area contributed by atoms with E-state index in [9.17, 15) is 0 Å². The third-order valence-corrected chi connectivity index (χ3v) is 4.89. The highest BCUT2D eigenvalue weighted by molar-refractivity contribution is 8.00. The predicted molar refractivity (Wildman–Crippen MR) is 77.9 cm³/mol. The number of thioether (sulfide) groups is 1.